The van der Waals surface area contributed by atoms with Crippen molar-refractivity contribution >= 4 is 29.4 Å². The summed E-state index contributed by atoms with van der Waals surface area (Å²) >= 11 is 6.03. The van der Waals surface area contributed by atoms with Crippen molar-refractivity contribution in [2.75, 3.05) is 26.2 Å². The number of rotatable bonds is 9. The Kier molecular flexibility index (Phi) is 8.11. The van der Waals surface area contributed by atoms with Gasteiger partial charge in [0.1, 0.15) is 12.2 Å². The Morgan fingerprint density at radius 3 is 2.66 bits per heavy atom. The van der Waals surface area contributed by atoms with Gasteiger partial charge in [-0.15, -0.1) is 0 Å². The summed E-state index contributed by atoms with van der Waals surface area (Å²) in [6.07, 6.45) is 5.77. The fraction of sp³-hybridized carbons (Fsp3) is 0.538. The molecule has 1 aromatic heterocycles. The molecule has 0 radical (unpaired) electrons. The van der Waals surface area contributed by atoms with Gasteiger partial charge in [0, 0.05) is 36.6 Å². The van der Waals surface area contributed by atoms with Crippen LogP contribution in [0, 0.1) is 5.92 Å². The zero-order chi connectivity index (χ0) is 24.9. The van der Waals surface area contributed by atoms with E-state index in [2.05, 4.69) is 6.92 Å². The monoisotopic (exact) mass is 500 g/mol. The summed E-state index contributed by atoms with van der Waals surface area (Å²) in [4.78, 5) is 41.0. The van der Waals surface area contributed by atoms with Crippen molar-refractivity contribution in [1.29, 1.82) is 0 Å². The maximum atomic E-state index is 13.4. The largest absolute Gasteiger partial charge is 0.481 e. The van der Waals surface area contributed by atoms with Crippen molar-refractivity contribution in [3.8, 4) is 11.3 Å². The number of halogens is 1. The van der Waals surface area contributed by atoms with Crippen LogP contribution in [0.1, 0.15) is 68.4 Å². The number of carboxylic acid groups (broad SMARTS) is 1. The highest BCUT2D eigenvalue weighted by atomic mass is 35.5. The van der Waals surface area contributed by atoms with Crippen LogP contribution < -0.4 is 0 Å². The molecule has 2 amide bonds. The number of aromatic nitrogens is 2. The van der Waals surface area contributed by atoms with Crippen LogP contribution in [0.25, 0.3) is 11.3 Å². The van der Waals surface area contributed by atoms with E-state index >= 15 is 0 Å². The summed E-state index contributed by atoms with van der Waals surface area (Å²) in [5.41, 5.74) is 2.10. The maximum absolute atomic E-state index is 13.4. The van der Waals surface area contributed by atoms with E-state index in [0.717, 1.165) is 44.1 Å². The lowest BCUT2D eigenvalue weighted by Crippen LogP contribution is -2.50. The first kappa shape index (κ1) is 25.2. The van der Waals surface area contributed by atoms with Gasteiger partial charge in [0.05, 0.1) is 11.7 Å². The molecular formula is C26H33ClN4O4. The first-order valence-corrected chi connectivity index (χ1v) is 12.9. The van der Waals surface area contributed by atoms with E-state index in [9.17, 15) is 14.4 Å². The Balaban J connectivity index is 1.52. The molecule has 35 heavy (non-hydrogen) atoms. The van der Waals surface area contributed by atoms with Crippen LogP contribution in [0.2, 0.25) is 5.02 Å². The van der Waals surface area contributed by atoms with Gasteiger partial charge in [0.2, 0.25) is 5.91 Å². The molecule has 188 valence electrons. The number of unbranched alkanes of at least 4 members (excludes halogenated alkanes) is 2. The molecule has 0 spiro atoms. The zero-order valence-electron chi connectivity index (χ0n) is 20.2. The van der Waals surface area contributed by atoms with Crippen LogP contribution in [-0.4, -0.2) is 68.6 Å². The molecule has 9 heteroatoms. The Bertz CT molecular complexity index is 1070. The van der Waals surface area contributed by atoms with Crippen LogP contribution in [-0.2, 0) is 9.59 Å². The normalized spacial score (nSPS) is 20.1. The number of likely N-dealkylation sites (tertiary alicyclic amines) is 1. The molecular weight excluding hydrogens is 468 g/mol. The highest BCUT2D eigenvalue weighted by Crippen LogP contribution is 2.30. The highest BCUT2D eigenvalue weighted by molar-refractivity contribution is 6.30. The molecule has 3 heterocycles. The molecule has 1 aromatic carbocycles. The third-order valence-electron chi connectivity index (χ3n) is 6.96. The Labute approximate surface area is 210 Å². The second-order valence-electron chi connectivity index (χ2n) is 9.65. The summed E-state index contributed by atoms with van der Waals surface area (Å²) in [5.74, 6) is -1.19. The summed E-state index contributed by atoms with van der Waals surface area (Å²) in [6, 6.07) is 9.19. The van der Waals surface area contributed by atoms with Gasteiger partial charge in [0.25, 0.3) is 5.91 Å². The molecule has 8 nitrogen and oxygen atoms in total. The first-order valence-electron chi connectivity index (χ1n) is 12.5. The number of carbonyl (C=O) groups is 3. The molecule has 1 fully saturated rings. The van der Waals surface area contributed by atoms with Crippen LogP contribution in [0.4, 0.5) is 0 Å². The second kappa shape index (κ2) is 11.2. The topological polar surface area (TPSA) is 95.7 Å². The average molecular weight is 501 g/mol. The van der Waals surface area contributed by atoms with E-state index in [4.69, 9.17) is 21.8 Å². The molecule has 2 aliphatic heterocycles. The zero-order valence-corrected chi connectivity index (χ0v) is 20.9. The predicted molar refractivity (Wildman–Crippen MR) is 133 cm³/mol. The van der Waals surface area contributed by atoms with Crippen molar-refractivity contribution < 1.29 is 19.5 Å². The number of benzene rings is 1. The Morgan fingerprint density at radius 2 is 1.94 bits per heavy atom. The number of carboxylic acids is 1. The lowest BCUT2D eigenvalue weighted by molar-refractivity contribution is -0.140. The SMILES string of the molecule is CCCCCC1CN(CC(=O)N2CCCC(CC(=O)O)C2)C(=O)c2cc(-c3ccc(Cl)cc3)nn21. The van der Waals surface area contributed by atoms with Crippen LogP contribution >= 0.6 is 11.6 Å². The molecule has 4 rings (SSSR count). The standard InChI is InChI=1S/C26H33ClN4O4/c1-2-3-4-7-21-16-30(17-24(32)29-12-5-6-18(15-29)13-25(33)34)26(35)23-14-22(28-31(21)23)19-8-10-20(27)11-9-19/h8-11,14,18,21H,2-7,12-13,15-17H2,1H3,(H,33,34). The molecule has 0 saturated carbocycles. The number of piperidine rings is 1. The summed E-state index contributed by atoms with van der Waals surface area (Å²) in [7, 11) is 0. The van der Waals surface area contributed by atoms with Gasteiger partial charge in [-0.25, -0.2) is 0 Å². The predicted octanol–water partition coefficient (Wildman–Crippen LogP) is 4.49. The van der Waals surface area contributed by atoms with Crippen molar-refractivity contribution in [3.63, 3.8) is 0 Å². The third-order valence-corrected chi connectivity index (χ3v) is 7.21. The van der Waals surface area contributed by atoms with E-state index in [1.54, 1.807) is 28.0 Å². The molecule has 2 aromatic rings. The minimum Gasteiger partial charge on any atom is -0.481 e. The van der Waals surface area contributed by atoms with Gasteiger partial charge in [-0.3, -0.25) is 19.1 Å². The van der Waals surface area contributed by atoms with Crippen molar-refractivity contribution in [2.24, 2.45) is 5.92 Å². The number of fused-ring (bicyclic) bond motifs is 1. The fourth-order valence-electron chi connectivity index (χ4n) is 5.12. The summed E-state index contributed by atoms with van der Waals surface area (Å²) in [5, 5.41) is 14.5. The lowest BCUT2D eigenvalue weighted by Gasteiger charge is -2.36. The first-order chi connectivity index (χ1) is 16.9. The van der Waals surface area contributed by atoms with Crippen molar-refractivity contribution in [3.05, 3.63) is 41.0 Å². The van der Waals surface area contributed by atoms with E-state index in [1.165, 1.54) is 0 Å². The third kappa shape index (κ3) is 6.04. The number of hydrogen-bond donors (Lipinski definition) is 1. The van der Waals surface area contributed by atoms with Crippen molar-refractivity contribution in [2.45, 2.75) is 57.9 Å². The highest BCUT2D eigenvalue weighted by Gasteiger charge is 2.35. The number of aliphatic carboxylic acids is 1. The van der Waals surface area contributed by atoms with Crippen molar-refractivity contribution in [1.82, 2.24) is 19.6 Å². The van der Waals surface area contributed by atoms with Gasteiger partial charge in [-0.05, 0) is 43.4 Å². The van der Waals surface area contributed by atoms with Gasteiger partial charge >= 0.3 is 5.97 Å². The molecule has 0 bridgehead atoms. The summed E-state index contributed by atoms with van der Waals surface area (Å²) in [6.45, 7) is 3.64. The van der Waals surface area contributed by atoms with E-state index in [0.29, 0.717) is 36.0 Å². The second-order valence-corrected chi connectivity index (χ2v) is 10.1. The fourth-order valence-corrected chi connectivity index (χ4v) is 5.25. The molecule has 1 N–H and O–H groups in total. The Morgan fingerprint density at radius 1 is 1.17 bits per heavy atom. The van der Waals surface area contributed by atoms with Crippen LogP contribution in [0.5, 0.6) is 0 Å². The van der Waals surface area contributed by atoms with E-state index in [-0.39, 0.29) is 36.7 Å². The Hall–Kier alpha value is -2.87. The molecule has 2 aliphatic rings. The van der Waals surface area contributed by atoms with Gasteiger partial charge < -0.3 is 14.9 Å². The lowest BCUT2D eigenvalue weighted by atomic mass is 9.95. The van der Waals surface area contributed by atoms with Gasteiger partial charge in [-0.1, -0.05) is 49.9 Å². The number of nitrogens with zero attached hydrogens (tertiary/aromatic N) is 4. The minimum atomic E-state index is -0.838. The average Bonchev–Trinajstić information content (AvgIpc) is 3.28. The maximum Gasteiger partial charge on any atom is 0.303 e. The smallest absolute Gasteiger partial charge is 0.303 e. The number of amides is 2. The van der Waals surface area contributed by atoms with Gasteiger partial charge in [-0.2, -0.15) is 5.10 Å². The van der Waals surface area contributed by atoms with Gasteiger partial charge in [0.15, 0.2) is 0 Å². The van der Waals surface area contributed by atoms with Crippen LogP contribution in [0.15, 0.2) is 30.3 Å². The van der Waals surface area contributed by atoms with Crippen LogP contribution in [0.3, 0.4) is 0 Å². The number of carbonyl (C=O) groups excluding carboxylic acids is 2. The molecule has 0 aliphatic carbocycles. The molecule has 2 atom stereocenters. The minimum absolute atomic E-state index is 0.00390. The molecule has 1 saturated heterocycles. The van der Waals surface area contributed by atoms with E-state index in [1.807, 2.05) is 16.8 Å². The quantitative estimate of drug-likeness (QED) is 0.511. The summed E-state index contributed by atoms with van der Waals surface area (Å²) < 4.78 is 1.84. The van der Waals surface area contributed by atoms with E-state index < -0.39 is 5.97 Å². The number of hydrogen-bond acceptors (Lipinski definition) is 4. The molecule has 2 unspecified atom stereocenters.